The number of para-hydroxylation sites is 1. The average Bonchev–Trinajstić information content (AvgIpc) is 2.66. The Morgan fingerprint density at radius 3 is 2.67 bits per heavy atom. The van der Waals surface area contributed by atoms with Gasteiger partial charge < -0.3 is 15.0 Å². The van der Waals surface area contributed by atoms with E-state index in [1.54, 1.807) is 25.3 Å². The highest BCUT2D eigenvalue weighted by Gasteiger charge is 2.16. The summed E-state index contributed by atoms with van der Waals surface area (Å²) in [6.07, 6.45) is 2.75. The molecule has 0 radical (unpaired) electrons. The molecule has 0 bridgehead atoms. The molecule has 1 atom stereocenters. The van der Waals surface area contributed by atoms with E-state index < -0.39 is 4.92 Å². The number of hydrogen-bond donors (Lipinski definition) is 1. The number of benzene rings is 2. The standard InChI is InChI=1S/C20H23N3O4/c1-22(2)19(16-8-6-9-17(13-16)27-3)14-21-20(24)12-11-15-7-4-5-10-18(15)23(25)26/h4-13,19H,14H2,1-3H3,(H,21,24)/b12-11+. The second-order valence-electron chi connectivity index (χ2n) is 6.15. The maximum Gasteiger partial charge on any atom is 0.276 e. The molecule has 0 aliphatic heterocycles. The Kier molecular flexibility index (Phi) is 7.08. The van der Waals surface area contributed by atoms with Gasteiger partial charge in [0.2, 0.25) is 5.91 Å². The van der Waals surface area contributed by atoms with Crippen LogP contribution in [-0.4, -0.2) is 43.5 Å². The Hall–Kier alpha value is -3.19. The van der Waals surface area contributed by atoms with Gasteiger partial charge in [0.05, 0.1) is 23.6 Å². The van der Waals surface area contributed by atoms with E-state index in [0.717, 1.165) is 11.3 Å². The van der Waals surface area contributed by atoms with E-state index >= 15 is 0 Å². The van der Waals surface area contributed by atoms with Crippen molar-refractivity contribution >= 4 is 17.7 Å². The summed E-state index contributed by atoms with van der Waals surface area (Å²) < 4.78 is 5.26. The van der Waals surface area contributed by atoms with Gasteiger partial charge in [-0.15, -0.1) is 0 Å². The minimum absolute atomic E-state index is 0.0379. The number of carbonyl (C=O) groups is 1. The van der Waals surface area contributed by atoms with Crippen LogP contribution < -0.4 is 10.1 Å². The summed E-state index contributed by atoms with van der Waals surface area (Å²) >= 11 is 0. The van der Waals surface area contributed by atoms with E-state index in [-0.39, 0.29) is 17.6 Å². The van der Waals surface area contributed by atoms with Gasteiger partial charge in [-0.1, -0.05) is 24.3 Å². The zero-order valence-electron chi connectivity index (χ0n) is 15.6. The van der Waals surface area contributed by atoms with Gasteiger partial charge in [-0.3, -0.25) is 14.9 Å². The summed E-state index contributed by atoms with van der Waals surface area (Å²) in [4.78, 5) is 24.7. The van der Waals surface area contributed by atoms with Gasteiger partial charge in [0.15, 0.2) is 0 Å². The van der Waals surface area contributed by atoms with Crippen LogP contribution in [0.1, 0.15) is 17.2 Å². The van der Waals surface area contributed by atoms with Crippen molar-refractivity contribution < 1.29 is 14.5 Å². The number of nitro benzene ring substituents is 1. The smallest absolute Gasteiger partial charge is 0.276 e. The van der Waals surface area contributed by atoms with E-state index in [1.165, 1.54) is 18.2 Å². The molecule has 7 nitrogen and oxygen atoms in total. The molecule has 0 spiro atoms. The van der Waals surface area contributed by atoms with E-state index in [4.69, 9.17) is 4.74 Å². The van der Waals surface area contributed by atoms with Crippen LogP contribution >= 0.6 is 0 Å². The Bertz CT molecular complexity index is 833. The van der Waals surface area contributed by atoms with Crippen molar-refractivity contribution in [2.75, 3.05) is 27.7 Å². The van der Waals surface area contributed by atoms with Crippen LogP contribution in [0.15, 0.2) is 54.6 Å². The normalized spacial score (nSPS) is 12.1. The molecule has 0 aromatic heterocycles. The van der Waals surface area contributed by atoms with Gasteiger partial charge in [0.1, 0.15) is 5.75 Å². The molecule has 1 unspecified atom stereocenters. The third kappa shape index (κ3) is 5.65. The van der Waals surface area contributed by atoms with Crippen LogP contribution in [0.4, 0.5) is 5.69 Å². The molecule has 1 amide bonds. The van der Waals surface area contributed by atoms with Gasteiger partial charge >= 0.3 is 0 Å². The summed E-state index contributed by atoms with van der Waals surface area (Å²) in [7, 11) is 5.47. The Morgan fingerprint density at radius 2 is 2.00 bits per heavy atom. The topological polar surface area (TPSA) is 84.7 Å². The zero-order chi connectivity index (χ0) is 19.8. The van der Waals surface area contributed by atoms with Gasteiger partial charge in [-0.2, -0.15) is 0 Å². The summed E-state index contributed by atoms with van der Waals surface area (Å²) in [5.41, 5.74) is 1.36. The van der Waals surface area contributed by atoms with Crippen molar-refractivity contribution in [3.63, 3.8) is 0 Å². The number of carbonyl (C=O) groups excluding carboxylic acids is 1. The van der Waals surface area contributed by atoms with Crippen LogP contribution in [0.2, 0.25) is 0 Å². The molecule has 142 valence electrons. The highest BCUT2D eigenvalue weighted by Crippen LogP contribution is 2.22. The molecule has 0 saturated carbocycles. The van der Waals surface area contributed by atoms with Crippen molar-refractivity contribution in [3.05, 3.63) is 75.8 Å². The van der Waals surface area contributed by atoms with Crippen molar-refractivity contribution in [1.82, 2.24) is 10.2 Å². The lowest BCUT2D eigenvalue weighted by atomic mass is 10.1. The van der Waals surface area contributed by atoms with Crippen LogP contribution in [0.3, 0.4) is 0 Å². The first-order chi connectivity index (χ1) is 12.9. The van der Waals surface area contributed by atoms with Crippen LogP contribution in [-0.2, 0) is 4.79 Å². The maximum atomic E-state index is 12.2. The molecule has 0 saturated heterocycles. The van der Waals surface area contributed by atoms with E-state index in [2.05, 4.69) is 5.32 Å². The van der Waals surface area contributed by atoms with Crippen LogP contribution in [0.5, 0.6) is 5.75 Å². The molecule has 2 rings (SSSR count). The molecule has 1 N–H and O–H groups in total. The Balaban J connectivity index is 2.05. The lowest BCUT2D eigenvalue weighted by Crippen LogP contribution is -2.33. The molecule has 2 aromatic carbocycles. The fourth-order valence-electron chi connectivity index (χ4n) is 2.66. The predicted molar refractivity (Wildman–Crippen MR) is 105 cm³/mol. The third-order valence-corrected chi connectivity index (χ3v) is 4.12. The molecule has 7 heteroatoms. The fourth-order valence-corrected chi connectivity index (χ4v) is 2.66. The second-order valence-corrected chi connectivity index (χ2v) is 6.15. The van der Waals surface area contributed by atoms with Crippen molar-refractivity contribution in [1.29, 1.82) is 0 Å². The SMILES string of the molecule is COc1cccc(C(CNC(=O)/C=C/c2ccccc2[N+](=O)[O-])N(C)C)c1. The minimum Gasteiger partial charge on any atom is -0.497 e. The first-order valence-corrected chi connectivity index (χ1v) is 8.42. The van der Waals surface area contributed by atoms with Crippen molar-refractivity contribution in [2.24, 2.45) is 0 Å². The number of nitro groups is 1. The molecule has 27 heavy (non-hydrogen) atoms. The Morgan fingerprint density at radius 1 is 1.26 bits per heavy atom. The minimum atomic E-state index is -0.470. The quantitative estimate of drug-likeness (QED) is 0.439. The summed E-state index contributed by atoms with van der Waals surface area (Å²) in [5, 5.41) is 13.9. The van der Waals surface area contributed by atoms with Crippen molar-refractivity contribution in [2.45, 2.75) is 6.04 Å². The second kappa shape index (κ2) is 9.49. The molecule has 0 heterocycles. The van der Waals surface area contributed by atoms with E-state index in [9.17, 15) is 14.9 Å². The molecule has 0 fully saturated rings. The van der Waals surface area contributed by atoms with Gasteiger partial charge in [0, 0.05) is 18.7 Å². The number of ether oxygens (including phenoxy) is 1. The first-order valence-electron chi connectivity index (χ1n) is 8.42. The van der Waals surface area contributed by atoms with E-state index in [1.807, 2.05) is 43.3 Å². The summed E-state index contributed by atoms with van der Waals surface area (Å²) in [5.74, 6) is 0.435. The van der Waals surface area contributed by atoms with Crippen LogP contribution in [0.25, 0.3) is 6.08 Å². The molecular weight excluding hydrogens is 346 g/mol. The highest BCUT2D eigenvalue weighted by molar-refractivity contribution is 5.92. The van der Waals surface area contributed by atoms with Gasteiger partial charge in [-0.25, -0.2) is 0 Å². The third-order valence-electron chi connectivity index (χ3n) is 4.12. The predicted octanol–water partition coefficient (Wildman–Crippen LogP) is 3.04. The molecular formula is C20H23N3O4. The number of likely N-dealkylation sites (N-methyl/N-ethyl adjacent to an activating group) is 1. The lowest BCUT2D eigenvalue weighted by Gasteiger charge is -2.25. The number of nitrogens with one attached hydrogen (secondary N) is 1. The molecule has 0 aliphatic carbocycles. The van der Waals surface area contributed by atoms with Crippen LogP contribution in [0, 0.1) is 10.1 Å². The average molecular weight is 369 g/mol. The maximum absolute atomic E-state index is 12.2. The largest absolute Gasteiger partial charge is 0.497 e. The van der Waals surface area contributed by atoms with Gasteiger partial charge in [0.25, 0.3) is 5.69 Å². The number of hydrogen-bond acceptors (Lipinski definition) is 5. The molecule has 2 aromatic rings. The Labute approximate surface area is 158 Å². The van der Waals surface area contributed by atoms with Gasteiger partial charge in [-0.05, 0) is 43.9 Å². The lowest BCUT2D eigenvalue weighted by molar-refractivity contribution is -0.385. The number of methoxy groups -OCH3 is 1. The number of nitrogens with zero attached hydrogens (tertiary/aromatic N) is 2. The first kappa shape index (κ1) is 20.1. The number of rotatable bonds is 8. The van der Waals surface area contributed by atoms with Crippen molar-refractivity contribution in [3.8, 4) is 5.75 Å². The number of amides is 1. The zero-order valence-corrected chi connectivity index (χ0v) is 15.6. The summed E-state index contributed by atoms with van der Waals surface area (Å²) in [6.45, 7) is 0.389. The van der Waals surface area contributed by atoms with E-state index in [0.29, 0.717) is 12.1 Å². The summed E-state index contributed by atoms with van der Waals surface area (Å²) in [6, 6.07) is 13.9. The highest BCUT2D eigenvalue weighted by atomic mass is 16.6. The monoisotopic (exact) mass is 369 g/mol. The fraction of sp³-hybridized carbons (Fsp3) is 0.250. The molecule has 0 aliphatic rings.